The first-order chi connectivity index (χ1) is 8.37. The molecule has 101 valence electrons. The fourth-order valence-corrected chi connectivity index (χ4v) is 1.97. The Morgan fingerprint density at radius 1 is 1.42 bits per heavy atom. The zero-order valence-corrected chi connectivity index (χ0v) is 14.6. The van der Waals surface area contributed by atoms with Gasteiger partial charge in [0, 0.05) is 39.3 Å². The van der Waals surface area contributed by atoms with Gasteiger partial charge >= 0.3 is 6.09 Å². The summed E-state index contributed by atoms with van der Waals surface area (Å²) in [6, 6.07) is 3.86. The van der Waals surface area contributed by atoms with Gasteiger partial charge in [-0.15, -0.1) is 11.8 Å². The minimum Gasteiger partial charge on any atom is -0.443 e. The molecule has 0 aromatic carbocycles. The minimum atomic E-state index is -0.489. The first kappa shape index (κ1) is 16.4. The van der Waals surface area contributed by atoms with Crippen LogP contribution in [0.15, 0.2) is 12.1 Å². The van der Waals surface area contributed by atoms with Gasteiger partial charge in [-0.05, 0) is 39.2 Å². The van der Waals surface area contributed by atoms with Crippen molar-refractivity contribution in [2.45, 2.75) is 39.2 Å². The molecular weight excluding hydrogens is 317 g/mol. The van der Waals surface area contributed by atoms with E-state index in [4.69, 9.17) is 4.74 Å². The first-order valence-electron chi connectivity index (χ1n) is 6.19. The largest absolute Gasteiger partial charge is 0.443 e. The number of aromatic nitrogens is 1. The third kappa shape index (κ3) is 4.18. The Balaban J connectivity index is 0.00000180. The molecule has 4 nitrogen and oxygen atoms in total. The molecule has 0 N–H and O–H groups in total. The Morgan fingerprint density at radius 2 is 2.11 bits per heavy atom. The standard InChI is InChI=1S/C14H19N2O2.Y/c1-10-7-8-11-6-5-9-16(12(11)15-10)13(17)18-14(2,3)4;/h7-8H,1,5-6,9H2,2-4H3;/q-1;. The van der Waals surface area contributed by atoms with Crippen molar-refractivity contribution in [3.8, 4) is 0 Å². The number of aryl methyl sites for hydroxylation is 1. The van der Waals surface area contributed by atoms with Crippen molar-refractivity contribution in [3.05, 3.63) is 30.3 Å². The molecule has 2 heterocycles. The zero-order chi connectivity index (χ0) is 13.3. The van der Waals surface area contributed by atoms with Crippen molar-refractivity contribution < 1.29 is 42.2 Å². The molecular formula is C14H19N2O2Y-. The van der Waals surface area contributed by atoms with Crippen LogP contribution in [-0.2, 0) is 43.9 Å². The number of hydrogen-bond acceptors (Lipinski definition) is 3. The summed E-state index contributed by atoms with van der Waals surface area (Å²) < 4.78 is 5.40. The van der Waals surface area contributed by atoms with Crippen LogP contribution in [0.4, 0.5) is 10.6 Å². The van der Waals surface area contributed by atoms with E-state index in [1.165, 1.54) is 0 Å². The Kier molecular flexibility index (Phi) is 5.39. The summed E-state index contributed by atoms with van der Waals surface area (Å²) in [4.78, 5) is 18.1. The molecule has 0 saturated carbocycles. The summed E-state index contributed by atoms with van der Waals surface area (Å²) in [6.07, 6.45) is 1.55. The molecule has 1 amide bonds. The summed E-state index contributed by atoms with van der Waals surface area (Å²) in [7, 11) is 0. The van der Waals surface area contributed by atoms with Gasteiger partial charge in [0.1, 0.15) is 11.4 Å². The molecule has 1 aromatic heterocycles. The van der Waals surface area contributed by atoms with Crippen molar-refractivity contribution in [2.75, 3.05) is 11.4 Å². The van der Waals surface area contributed by atoms with Gasteiger partial charge in [-0.1, -0.05) is 0 Å². The topological polar surface area (TPSA) is 42.4 Å². The summed E-state index contributed by atoms with van der Waals surface area (Å²) >= 11 is 0. The van der Waals surface area contributed by atoms with Crippen molar-refractivity contribution in [1.29, 1.82) is 0 Å². The monoisotopic (exact) mass is 336 g/mol. The van der Waals surface area contributed by atoms with E-state index in [9.17, 15) is 4.79 Å². The van der Waals surface area contributed by atoms with E-state index in [0.717, 1.165) is 18.4 Å². The van der Waals surface area contributed by atoms with Gasteiger partial charge in [-0.3, -0.25) is 9.88 Å². The minimum absolute atomic E-state index is 0. The first-order valence-corrected chi connectivity index (χ1v) is 6.19. The Labute approximate surface area is 139 Å². The molecule has 0 atom stereocenters. The average Bonchev–Trinajstić information content (AvgIpc) is 2.25. The Hall–Kier alpha value is -0.606. The fraction of sp³-hybridized carbons (Fsp3) is 0.500. The molecule has 1 aromatic rings. The van der Waals surface area contributed by atoms with E-state index in [0.29, 0.717) is 18.1 Å². The van der Waals surface area contributed by atoms with Gasteiger partial charge in [0.15, 0.2) is 0 Å². The van der Waals surface area contributed by atoms with Crippen molar-refractivity contribution in [1.82, 2.24) is 4.98 Å². The van der Waals surface area contributed by atoms with Crippen LogP contribution in [0.2, 0.25) is 0 Å². The SMILES string of the molecule is [CH2-]c1ccc2c(n1)N(C(=O)OC(C)(C)C)CCC2.[Y]. The molecule has 2 rings (SSSR count). The smallest absolute Gasteiger partial charge is 0.416 e. The van der Waals surface area contributed by atoms with Gasteiger partial charge in [0.25, 0.3) is 0 Å². The van der Waals surface area contributed by atoms with E-state index in [-0.39, 0.29) is 38.8 Å². The second-order valence-corrected chi connectivity index (χ2v) is 5.52. The average molecular weight is 336 g/mol. The summed E-state index contributed by atoms with van der Waals surface area (Å²) in [5.41, 5.74) is 1.26. The van der Waals surface area contributed by atoms with E-state index in [2.05, 4.69) is 11.9 Å². The molecule has 19 heavy (non-hydrogen) atoms. The van der Waals surface area contributed by atoms with Crippen LogP contribution in [-0.4, -0.2) is 23.2 Å². The van der Waals surface area contributed by atoms with Crippen molar-refractivity contribution >= 4 is 11.9 Å². The van der Waals surface area contributed by atoms with Crippen molar-refractivity contribution in [2.24, 2.45) is 0 Å². The number of fused-ring (bicyclic) bond motifs is 1. The molecule has 0 fully saturated rings. The van der Waals surface area contributed by atoms with E-state index >= 15 is 0 Å². The number of carbonyl (C=O) groups excluding carboxylic acids is 1. The van der Waals surface area contributed by atoms with E-state index in [1.807, 2.05) is 32.9 Å². The summed E-state index contributed by atoms with van der Waals surface area (Å²) in [5, 5.41) is 0. The predicted octanol–water partition coefficient (Wildman–Crippen LogP) is 2.95. The quantitative estimate of drug-likeness (QED) is 0.684. The Morgan fingerprint density at radius 3 is 2.74 bits per heavy atom. The van der Waals surface area contributed by atoms with E-state index < -0.39 is 5.60 Å². The maximum Gasteiger partial charge on any atom is 0.416 e. The molecule has 5 heteroatoms. The number of pyridine rings is 1. The van der Waals surface area contributed by atoms with Crippen LogP contribution in [0.5, 0.6) is 0 Å². The predicted molar refractivity (Wildman–Crippen MR) is 70.6 cm³/mol. The second-order valence-electron chi connectivity index (χ2n) is 5.52. The number of hydrogen-bond donors (Lipinski definition) is 0. The normalized spacial score (nSPS) is 14.4. The van der Waals surface area contributed by atoms with Crippen molar-refractivity contribution in [3.63, 3.8) is 0 Å². The molecule has 0 spiro atoms. The number of nitrogens with zero attached hydrogens (tertiary/aromatic N) is 2. The fourth-order valence-electron chi connectivity index (χ4n) is 1.97. The van der Waals surface area contributed by atoms with Gasteiger partial charge < -0.3 is 4.74 Å². The van der Waals surface area contributed by atoms with Gasteiger partial charge in [0.2, 0.25) is 0 Å². The molecule has 1 aliphatic rings. The van der Waals surface area contributed by atoms with Gasteiger partial charge in [-0.2, -0.15) is 6.07 Å². The van der Waals surface area contributed by atoms with Gasteiger partial charge in [0.05, 0.1) is 0 Å². The maximum absolute atomic E-state index is 12.1. The van der Waals surface area contributed by atoms with Crippen LogP contribution < -0.4 is 4.90 Å². The van der Waals surface area contributed by atoms with Gasteiger partial charge in [-0.25, -0.2) is 11.7 Å². The van der Waals surface area contributed by atoms with Crippen LogP contribution in [0.3, 0.4) is 0 Å². The number of rotatable bonds is 0. The van der Waals surface area contributed by atoms with Crippen LogP contribution in [0.1, 0.15) is 38.4 Å². The number of anilines is 1. The van der Waals surface area contributed by atoms with Crippen LogP contribution in [0, 0.1) is 6.92 Å². The molecule has 1 aliphatic heterocycles. The zero-order valence-electron chi connectivity index (χ0n) is 11.8. The Bertz CT molecular complexity index is 469. The maximum atomic E-state index is 12.1. The third-order valence-electron chi connectivity index (χ3n) is 2.71. The summed E-state index contributed by atoms with van der Waals surface area (Å²) in [5.74, 6) is 0.697. The number of carbonyl (C=O) groups is 1. The third-order valence-corrected chi connectivity index (χ3v) is 2.71. The molecule has 0 saturated heterocycles. The summed E-state index contributed by atoms with van der Waals surface area (Å²) in [6.45, 7) is 10.0. The molecule has 0 unspecified atom stereocenters. The second kappa shape index (κ2) is 6.23. The molecule has 1 radical (unpaired) electrons. The number of amides is 1. The molecule has 0 aliphatic carbocycles. The van der Waals surface area contributed by atoms with Crippen LogP contribution >= 0.6 is 0 Å². The van der Waals surface area contributed by atoms with E-state index in [1.54, 1.807) is 4.90 Å². The number of ether oxygens (including phenoxy) is 1. The molecule has 0 bridgehead atoms. The van der Waals surface area contributed by atoms with Crippen LogP contribution in [0.25, 0.3) is 0 Å².